The molecule has 2 rings (SSSR count). The zero-order valence-corrected chi connectivity index (χ0v) is 27.8. The molecule has 0 aromatic carbocycles. The maximum atomic E-state index is 2.46. The second kappa shape index (κ2) is 16.2. The van der Waals surface area contributed by atoms with Crippen molar-refractivity contribution in [1.29, 1.82) is 0 Å². The molecular formula is C40H60. The molecule has 0 heteroatoms. The normalized spacial score (nSPS) is 21.6. The number of rotatable bonds is 12. The maximum absolute atomic E-state index is 2.46. The Labute approximate surface area is 249 Å². The first kappa shape index (κ1) is 33.9. The highest BCUT2D eigenvalue weighted by Crippen LogP contribution is 2.43. The zero-order chi connectivity index (χ0) is 29.8. The predicted molar refractivity (Wildman–Crippen MR) is 182 cm³/mol. The molecule has 0 N–H and O–H groups in total. The van der Waals surface area contributed by atoms with Crippen LogP contribution in [0, 0.1) is 10.8 Å². The van der Waals surface area contributed by atoms with Gasteiger partial charge in [-0.2, -0.15) is 0 Å². The topological polar surface area (TPSA) is 0 Å². The SMILES string of the molecule is CC1=C(/C=C/C(C)=C/C=C/C(C)=C/C=C/C=C(\C)CC/C=C(\C)CCC2=C(C)CCCC2(C)C)C(C)(C)CCC1. The Morgan fingerprint density at radius 3 is 1.95 bits per heavy atom. The minimum absolute atomic E-state index is 0.298. The Kier molecular flexibility index (Phi) is 13.7. The van der Waals surface area contributed by atoms with Gasteiger partial charge in [0.15, 0.2) is 0 Å². The van der Waals surface area contributed by atoms with Gasteiger partial charge in [-0.3, -0.25) is 0 Å². The van der Waals surface area contributed by atoms with Crippen molar-refractivity contribution in [3.05, 3.63) is 105 Å². The lowest BCUT2D eigenvalue weighted by molar-refractivity contribution is 0.354. The molecule has 0 spiro atoms. The van der Waals surface area contributed by atoms with Crippen LogP contribution in [0.5, 0.6) is 0 Å². The summed E-state index contributed by atoms with van der Waals surface area (Å²) in [6, 6.07) is 0. The fraction of sp³-hybridized carbons (Fsp3) is 0.550. The summed E-state index contributed by atoms with van der Waals surface area (Å²) in [5, 5.41) is 0. The molecule has 0 aromatic heterocycles. The van der Waals surface area contributed by atoms with E-state index in [0.29, 0.717) is 10.8 Å². The van der Waals surface area contributed by atoms with Crippen molar-refractivity contribution in [2.75, 3.05) is 0 Å². The summed E-state index contributed by atoms with van der Waals surface area (Å²) in [7, 11) is 0. The Bertz CT molecular complexity index is 1120. The van der Waals surface area contributed by atoms with Gasteiger partial charge in [0.1, 0.15) is 0 Å². The molecule has 0 aromatic rings. The van der Waals surface area contributed by atoms with Crippen LogP contribution in [0.15, 0.2) is 105 Å². The molecule has 220 valence electrons. The lowest BCUT2D eigenvalue weighted by Crippen LogP contribution is -2.20. The van der Waals surface area contributed by atoms with E-state index in [0.717, 1.165) is 12.8 Å². The first-order chi connectivity index (χ1) is 18.8. The van der Waals surface area contributed by atoms with E-state index in [4.69, 9.17) is 0 Å². The Morgan fingerprint density at radius 1 is 0.675 bits per heavy atom. The average molecular weight is 541 g/mol. The Hall–Kier alpha value is -2.34. The largest absolute Gasteiger partial charge is 0.0853 e. The third-order valence-corrected chi connectivity index (χ3v) is 9.11. The van der Waals surface area contributed by atoms with Gasteiger partial charge in [-0.15, -0.1) is 0 Å². The van der Waals surface area contributed by atoms with Crippen LogP contribution in [0.25, 0.3) is 0 Å². The highest BCUT2D eigenvalue weighted by atomic mass is 14.3. The molecule has 0 saturated heterocycles. The van der Waals surface area contributed by atoms with E-state index in [9.17, 15) is 0 Å². The molecule has 0 amide bonds. The monoisotopic (exact) mass is 540 g/mol. The van der Waals surface area contributed by atoms with Crippen molar-refractivity contribution >= 4 is 0 Å². The number of hydrogen-bond donors (Lipinski definition) is 0. The van der Waals surface area contributed by atoms with Gasteiger partial charge in [0.2, 0.25) is 0 Å². The average Bonchev–Trinajstić information content (AvgIpc) is 2.85. The van der Waals surface area contributed by atoms with Gasteiger partial charge in [-0.05, 0) is 122 Å². The van der Waals surface area contributed by atoms with E-state index in [-0.39, 0.29) is 0 Å². The molecule has 0 aliphatic heterocycles. The molecule has 0 heterocycles. The van der Waals surface area contributed by atoms with Crippen molar-refractivity contribution in [3.63, 3.8) is 0 Å². The van der Waals surface area contributed by atoms with E-state index in [1.165, 1.54) is 73.7 Å². The summed E-state index contributed by atoms with van der Waals surface area (Å²) in [4.78, 5) is 0. The molecule has 0 atom stereocenters. The second-order valence-electron chi connectivity index (χ2n) is 13.9. The van der Waals surface area contributed by atoms with Crippen molar-refractivity contribution in [1.82, 2.24) is 0 Å². The van der Waals surface area contributed by atoms with Gasteiger partial charge in [0.05, 0.1) is 0 Å². The fourth-order valence-electron chi connectivity index (χ4n) is 6.40. The summed E-state index contributed by atoms with van der Waals surface area (Å²) in [5.41, 5.74) is 12.7. The molecule has 0 unspecified atom stereocenters. The highest BCUT2D eigenvalue weighted by molar-refractivity contribution is 5.37. The molecule has 0 saturated carbocycles. The Morgan fingerprint density at radius 2 is 1.27 bits per heavy atom. The van der Waals surface area contributed by atoms with Crippen LogP contribution in [0.1, 0.15) is 133 Å². The van der Waals surface area contributed by atoms with Gasteiger partial charge in [0, 0.05) is 0 Å². The van der Waals surface area contributed by atoms with Gasteiger partial charge < -0.3 is 0 Å². The van der Waals surface area contributed by atoms with Crippen LogP contribution >= 0.6 is 0 Å². The highest BCUT2D eigenvalue weighted by Gasteiger charge is 2.28. The minimum atomic E-state index is 0.298. The molecule has 0 radical (unpaired) electrons. The van der Waals surface area contributed by atoms with Gasteiger partial charge >= 0.3 is 0 Å². The predicted octanol–water partition coefficient (Wildman–Crippen LogP) is 13.1. The van der Waals surface area contributed by atoms with Gasteiger partial charge in [-0.25, -0.2) is 0 Å². The lowest BCUT2D eigenvalue weighted by atomic mass is 9.71. The van der Waals surface area contributed by atoms with E-state index >= 15 is 0 Å². The molecule has 0 bridgehead atoms. The summed E-state index contributed by atoms with van der Waals surface area (Å²) < 4.78 is 0. The van der Waals surface area contributed by atoms with Crippen molar-refractivity contribution < 1.29 is 0 Å². The third-order valence-electron chi connectivity index (χ3n) is 9.11. The van der Waals surface area contributed by atoms with Crippen LogP contribution < -0.4 is 0 Å². The van der Waals surface area contributed by atoms with Crippen LogP contribution in [0.2, 0.25) is 0 Å². The third kappa shape index (κ3) is 11.6. The molecule has 0 nitrogen and oxygen atoms in total. The lowest BCUT2D eigenvalue weighted by Gasteiger charge is -2.35. The fourth-order valence-corrected chi connectivity index (χ4v) is 6.40. The summed E-state index contributed by atoms with van der Waals surface area (Å²) in [5.74, 6) is 0. The zero-order valence-electron chi connectivity index (χ0n) is 27.8. The first-order valence-electron chi connectivity index (χ1n) is 15.9. The van der Waals surface area contributed by atoms with E-state index in [2.05, 4.69) is 130 Å². The maximum Gasteiger partial charge on any atom is -0.0104 e. The smallest absolute Gasteiger partial charge is 0.0104 e. The van der Waals surface area contributed by atoms with Crippen molar-refractivity contribution in [2.45, 2.75) is 133 Å². The first-order valence-corrected chi connectivity index (χ1v) is 15.9. The van der Waals surface area contributed by atoms with Gasteiger partial charge in [-0.1, -0.05) is 127 Å². The van der Waals surface area contributed by atoms with Crippen molar-refractivity contribution in [3.8, 4) is 0 Å². The summed E-state index contributed by atoms with van der Waals surface area (Å²) in [6.45, 7) is 23.2. The van der Waals surface area contributed by atoms with E-state index < -0.39 is 0 Å². The summed E-state index contributed by atoms with van der Waals surface area (Å²) in [6.07, 6.45) is 35.0. The minimum Gasteiger partial charge on any atom is -0.0853 e. The van der Waals surface area contributed by atoms with E-state index in [1.54, 1.807) is 22.3 Å². The van der Waals surface area contributed by atoms with Crippen molar-refractivity contribution in [2.24, 2.45) is 10.8 Å². The standard InChI is InChI=1S/C40H60/c1-31(19-13-21-33(3)25-27-37-35(5)23-15-29-39(37,7)8)17-11-12-18-32(2)20-14-22-34(4)26-28-38-36(6)24-16-30-40(38,9)10/h11-13,17-19,21-22,25,27H,14-16,20,23-24,26,28-30H2,1-10H3/b12-11+,19-13+,27-25+,31-17+,32-18+,33-21+,34-22+. The number of hydrogen-bond acceptors (Lipinski definition) is 0. The molecule has 0 fully saturated rings. The molecule has 2 aliphatic carbocycles. The van der Waals surface area contributed by atoms with Crippen LogP contribution in [0.4, 0.5) is 0 Å². The summed E-state index contributed by atoms with van der Waals surface area (Å²) >= 11 is 0. The Balaban J connectivity index is 1.79. The number of allylic oxidation sites excluding steroid dienone is 18. The van der Waals surface area contributed by atoms with E-state index in [1.807, 2.05) is 0 Å². The molecule has 2 aliphatic rings. The van der Waals surface area contributed by atoms with Crippen LogP contribution in [-0.4, -0.2) is 0 Å². The molecule has 40 heavy (non-hydrogen) atoms. The van der Waals surface area contributed by atoms with Crippen LogP contribution in [0.3, 0.4) is 0 Å². The second-order valence-corrected chi connectivity index (χ2v) is 13.9. The van der Waals surface area contributed by atoms with Crippen LogP contribution in [-0.2, 0) is 0 Å². The van der Waals surface area contributed by atoms with Gasteiger partial charge in [0.25, 0.3) is 0 Å². The molecular weight excluding hydrogens is 480 g/mol. The quantitative estimate of drug-likeness (QED) is 0.170.